The highest BCUT2D eigenvalue weighted by molar-refractivity contribution is 7.12. The molecule has 102 valence electrons. The third-order valence-electron chi connectivity index (χ3n) is 3.87. The van der Waals surface area contributed by atoms with Crippen LogP contribution in [0.1, 0.15) is 16.1 Å². The molecule has 0 bridgehead atoms. The molecule has 0 radical (unpaired) electrons. The van der Waals surface area contributed by atoms with E-state index in [0.717, 1.165) is 11.3 Å². The summed E-state index contributed by atoms with van der Waals surface area (Å²) in [6.45, 7) is 1.07. The minimum absolute atomic E-state index is 0.0157. The molecule has 1 N–H and O–H groups in total. The molecule has 2 fully saturated rings. The highest BCUT2D eigenvalue weighted by atomic mass is 32.1. The normalized spacial score (nSPS) is 29.3. The Hall–Kier alpha value is -1.40. The van der Waals surface area contributed by atoms with Gasteiger partial charge in [-0.05, 0) is 17.9 Å². The molecule has 19 heavy (non-hydrogen) atoms. The first-order valence-electron chi connectivity index (χ1n) is 6.40. The number of fused-ring (bicyclic) bond motifs is 1. The minimum atomic E-state index is -0.249. The maximum absolute atomic E-state index is 12.5. The van der Waals surface area contributed by atoms with Crippen LogP contribution >= 0.6 is 11.3 Å². The van der Waals surface area contributed by atoms with E-state index >= 15 is 0 Å². The van der Waals surface area contributed by atoms with Gasteiger partial charge in [-0.1, -0.05) is 6.07 Å². The summed E-state index contributed by atoms with van der Waals surface area (Å²) in [5.74, 6) is -0.276. The summed E-state index contributed by atoms with van der Waals surface area (Å²) in [6.07, 6.45) is 0.666. The highest BCUT2D eigenvalue weighted by Gasteiger charge is 2.50. The number of thiophene rings is 1. The Morgan fingerprint density at radius 3 is 3.05 bits per heavy atom. The first-order chi connectivity index (χ1) is 9.22. The van der Waals surface area contributed by atoms with E-state index in [1.54, 1.807) is 7.05 Å². The molecular weight excluding hydrogens is 264 g/mol. The molecule has 0 spiro atoms. The van der Waals surface area contributed by atoms with Crippen molar-refractivity contribution in [2.75, 3.05) is 20.2 Å². The second-order valence-electron chi connectivity index (χ2n) is 4.85. The van der Waals surface area contributed by atoms with Crippen molar-refractivity contribution in [3.05, 3.63) is 22.4 Å². The van der Waals surface area contributed by atoms with Crippen molar-refractivity contribution in [2.24, 2.45) is 5.92 Å². The quantitative estimate of drug-likeness (QED) is 0.868. The van der Waals surface area contributed by atoms with Gasteiger partial charge in [-0.25, -0.2) is 0 Å². The second-order valence-corrected chi connectivity index (χ2v) is 5.79. The third-order valence-corrected chi connectivity index (χ3v) is 4.73. The topological polar surface area (TPSA) is 58.6 Å². The third kappa shape index (κ3) is 2.04. The molecule has 0 aliphatic carbocycles. The molecule has 6 heteroatoms. The SMILES string of the molecule is CNC(=O)[C@H]1CN(C(=O)c2cccs2)[C@@H]2CCO[C@H]12. The van der Waals surface area contributed by atoms with Crippen molar-refractivity contribution in [1.29, 1.82) is 0 Å². The fourth-order valence-corrected chi connectivity index (χ4v) is 3.64. The standard InChI is InChI=1S/C13H16N2O3S/c1-14-12(16)8-7-15(9-4-5-18-11(8)9)13(17)10-3-2-6-19-10/h2-3,6,8-9,11H,4-5,7H2,1H3,(H,14,16)/t8-,9+,11+/m0/s1. The molecule has 2 aliphatic rings. The van der Waals surface area contributed by atoms with Crippen LogP contribution in [-0.4, -0.2) is 49.1 Å². The lowest BCUT2D eigenvalue weighted by atomic mass is 10.0. The summed E-state index contributed by atoms with van der Waals surface area (Å²) in [4.78, 5) is 26.9. The first kappa shape index (κ1) is 12.6. The zero-order valence-corrected chi connectivity index (χ0v) is 11.5. The van der Waals surface area contributed by atoms with Gasteiger partial charge in [0.25, 0.3) is 5.91 Å². The molecule has 3 heterocycles. The summed E-state index contributed by atoms with van der Waals surface area (Å²) in [7, 11) is 1.62. The van der Waals surface area contributed by atoms with Crippen LogP contribution in [0, 0.1) is 5.92 Å². The number of hydrogen-bond donors (Lipinski definition) is 1. The first-order valence-corrected chi connectivity index (χ1v) is 7.28. The van der Waals surface area contributed by atoms with Crippen LogP contribution < -0.4 is 5.32 Å². The molecule has 1 aromatic heterocycles. The van der Waals surface area contributed by atoms with Crippen molar-refractivity contribution in [3.63, 3.8) is 0 Å². The van der Waals surface area contributed by atoms with E-state index in [0.29, 0.717) is 13.2 Å². The molecule has 2 saturated heterocycles. The predicted molar refractivity (Wildman–Crippen MR) is 71.1 cm³/mol. The van der Waals surface area contributed by atoms with Gasteiger partial charge in [0.2, 0.25) is 5.91 Å². The maximum atomic E-state index is 12.5. The summed E-state index contributed by atoms with van der Waals surface area (Å²) >= 11 is 1.43. The van der Waals surface area contributed by atoms with E-state index in [-0.39, 0.29) is 29.9 Å². The molecule has 2 aliphatic heterocycles. The van der Waals surface area contributed by atoms with Gasteiger partial charge in [0.1, 0.15) is 0 Å². The van der Waals surface area contributed by atoms with E-state index in [9.17, 15) is 9.59 Å². The van der Waals surface area contributed by atoms with Gasteiger partial charge in [-0.15, -0.1) is 11.3 Å². The Morgan fingerprint density at radius 2 is 2.37 bits per heavy atom. The van der Waals surface area contributed by atoms with Gasteiger partial charge in [-0.3, -0.25) is 9.59 Å². The lowest BCUT2D eigenvalue weighted by Crippen LogP contribution is -2.36. The highest BCUT2D eigenvalue weighted by Crippen LogP contribution is 2.34. The predicted octanol–water partition coefficient (Wildman–Crippen LogP) is 0.724. The lowest BCUT2D eigenvalue weighted by Gasteiger charge is -2.21. The van der Waals surface area contributed by atoms with Crippen molar-refractivity contribution < 1.29 is 14.3 Å². The van der Waals surface area contributed by atoms with Crippen molar-refractivity contribution in [3.8, 4) is 0 Å². The van der Waals surface area contributed by atoms with Crippen LogP contribution in [0.15, 0.2) is 17.5 Å². The zero-order chi connectivity index (χ0) is 13.4. The van der Waals surface area contributed by atoms with E-state index in [1.165, 1.54) is 11.3 Å². The molecule has 1 aromatic rings. The Morgan fingerprint density at radius 1 is 1.53 bits per heavy atom. The number of likely N-dealkylation sites (tertiary alicyclic amines) is 1. The number of nitrogens with zero attached hydrogens (tertiary/aromatic N) is 1. The molecule has 3 atom stereocenters. The molecule has 2 amide bonds. The monoisotopic (exact) mass is 280 g/mol. The number of rotatable bonds is 2. The molecule has 0 aromatic carbocycles. The van der Waals surface area contributed by atoms with E-state index in [4.69, 9.17) is 4.74 Å². The smallest absolute Gasteiger partial charge is 0.264 e. The number of nitrogens with one attached hydrogen (secondary N) is 1. The van der Waals surface area contributed by atoms with Gasteiger partial charge in [0.15, 0.2) is 0 Å². The van der Waals surface area contributed by atoms with Crippen molar-refractivity contribution in [2.45, 2.75) is 18.6 Å². The van der Waals surface area contributed by atoms with Crippen LogP contribution in [0.5, 0.6) is 0 Å². The molecule has 0 saturated carbocycles. The zero-order valence-electron chi connectivity index (χ0n) is 10.7. The summed E-state index contributed by atoms with van der Waals surface area (Å²) in [5.41, 5.74) is 0. The Balaban J connectivity index is 1.83. The number of ether oxygens (including phenoxy) is 1. The Bertz CT molecular complexity index is 488. The maximum Gasteiger partial charge on any atom is 0.264 e. The van der Waals surface area contributed by atoms with Crippen molar-refractivity contribution >= 4 is 23.2 Å². The van der Waals surface area contributed by atoms with E-state index < -0.39 is 0 Å². The average Bonchev–Trinajstić information content (AvgIpc) is 3.12. The summed E-state index contributed by atoms with van der Waals surface area (Å²) in [6, 6.07) is 3.73. The lowest BCUT2D eigenvalue weighted by molar-refractivity contribution is -0.127. The number of carbonyl (C=O) groups is 2. The van der Waals surface area contributed by atoms with Crippen LogP contribution in [0.3, 0.4) is 0 Å². The van der Waals surface area contributed by atoms with Crippen LogP contribution in [0.4, 0.5) is 0 Å². The van der Waals surface area contributed by atoms with Gasteiger partial charge in [-0.2, -0.15) is 0 Å². The summed E-state index contributed by atoms with van der Waals surface area (Å²) < 4.78 is 5.66. The van der Waals surface area contributed by atoms with Gasteiger partial charge < -0.3 is 15.0 Å². The Labute approximate surface area is 115 Å². The van der Waals surface area contributed by atoms with E-state index in [2.05, 4.69) is 5.32 Å². The largest absolute Gasteiger partial charge is 0.375 e. The Kier molecular flexibility index (Phi) is 3.28. The fraction of sp³-hybridized carbons (Fsp3) is 0.538. The van der Waals surface area contributed by atoms with Crippen LogP contribution in [-0.2, 0) is 9.53 Å². The molecule has 0 unspecified atom stereocenters. The summed E-state index contributed by atoms with van der Waals surface area (Å²) in [5, 5.41) is 4.55. The fourth-order valence-electron chi connectivity index (χ4n) is 2.96. The number of carbonyl (C=O) groups excluding carboxylic acids is 2. The average molecular weight is 280 g/mol. The minimum Gasteiger partial charge on any atom is -0.375 e. The number of hydrogen-bond acceptors (Lipinski definition) is 4. The second kappa shape index (κ2) is 4.94. The number of amides is 2. The molecular formula is C13H16N2O3S. The van der Waals surface area contributed by atoms with Crippen LogP contribution in [0.25, 0.3) is 0 Å². The van der Waals surface area contributed by atoms with Gasteiger partial charge in [0, 0.05) is 20.2 Å². The van der Waals surface area contributed by atoms with E-state index in [1.807, 2.05) is 22.4 Å². The van der Waals surface area contributed by atoms with Crippen LogP contribution in [0.2, 0.25) is 0 Å². The van der Waals surface area contributed by atoms with Crippen molar-refractivity contribution in [1.82, 2.24) is 10.2 Å². The molecule has 5 nitrogen and oxygen atoms in total. The van der Waals surface area contributed by atoms with Gasteiger partial charge in [0.05, 0.1) is 22.9 Å². The molecule has 3 rings (SSSR count). The van der Waals surface area contributed by atoms with Gasteiger partial charge >= 0.3 is 0 Å².